The third-order valence-corrected chi connectivity index (χ3v) is 5.63. The highest BCUT2D eigenvalue weighted by molar-refractivity contribution is 7.99. The van der Waals surface area contributed by atoms with Crippen molar-refractivity contribution >= 4 is 11.8 Å². The van der Waals surface area contributed by atoms with E-state index in [1.165, 1.54) is 36.0 Å². The first-order chi connectivity index (χ1) is 15.1. The molecule has 2 atom stereocenters. The lowest BCUT2D eigenvalue weighted by Crippen LogP contribution is -2.25. The Morgan fingerprint density at radius 3 is 2.77 bits per heavy atom. The molecule has 0 spiro atoms. The van der Waals surface area contributed by atoms with Crippen molar-refractivity contribution in [3.63, 3.8) is 0 Å². The van der Waals surface area contributed by atoms with Gasteiger partial charge in [0.25, 0.3) is 0 Å². The van der Waals surface area contributed by atoms with Gasteiger partial charge in [-0.1, -0.05) is 30.0 Å². The summed E-state index contributed by atoms with van der Waals surface area (Å²) in [4.78, 5) is 0. The van der Waals surface area contributed by atoms with E-state index in [4.69, 9.17) is 14.2 Å². The van der Waals surface area contributed by atoms with Crippen molar-refractivity contribution in [1.29, 1.82) is 0 Å². The molecule has 0 amide bonds. The molecule has 0 saturated carbocycles. The molecule has 2 heterocycles. The van der Waals surface area contributed by atoms with Gasteiger partial charge in [0.1, 0.15) is 24.8 Å². The Morgan fingerprint density at radius 1 is 1.23 bits per heavy atom. The summed E-state index contributed by atoms with van der Waals surface area (Å²) in [6, 6.07) is 13.1. The summed E-state index contributed by atoms with van der Waals surface area (Å²) in [6.07, 6.45) is 0.611. The number of aliphatic hydroxyl groups excluding tert-OH is 1. The van der Waals surface area contributed by atoms with Gasteiger partial charge in [0.05, 0.1) is 6.10 Å². The maximum absolute atomic E-state index is 13.0. The topological polar surface area (TPSA) is 78.6 Å². The van der Waals surface area contributed by atoms with E-state index in [0.29, 0.717) is 47.1 Å². The van der Waals surface area contributed by atoms with Crippen molar-refractivity contribution in [3.8, 4) is 17.2 Å². The van der Waals surface area contributed by atoms with Gasteiger partial charge in [-0.2, -0.15) is 0 Å². The number of ether oxygens (including phenoxy) is 3. The molecule has 3 aromatic rings. The zero-order chi connectivity index (χ0) is 21.6. The van der Waals surface area contributed by atoms with Crippen LogP contribution in [0.2, 0.25) is 0 Å². The molecule has 0 aliphatic carbocycles. The molecule has 1 aliphatic heterocycles. The van der Waals surface area contributed by atoms with Crippen LogP contribution in [0.4, 0.5) is 4.39 Å². The van der Waals surface area contributed by atoms with Crippen LogP contribution in [0.25, 0.3) is 0 Å². The summed E-state index contributed by atoms with van der Waals surface area (Å²) in [5, 5.41) is 19.5. The monoisotopic (exact) mass is 443 g/mol. The largest absolute Gasteiger partial charge is 0.491 e. The van der Waals surface area contributed by atoms with Gasteiger partial charge >= 0.3 is 0 Å². The highest BCUT2D eigenvalue weighted by Gasteiger charge is 2.28. The number of fused-ring (bicyclic) bond motifs is 1. The van der Waals surface area contributed by atoms with Gasteiger partial charge in [0.2, 0.25) is 0 Å². The minimum atomic E-state index is -0.742. The molecule has 0 radical (unpaired) electrons. The Bertz CT molecular complexity index is 1030. The Hall–Kier alpha value is -3.04. The molecule has 4 rings (SSSR count). The number of hydrogen-bond acceptors (Lipinski definition) is 7. The van der Waals surface area contributed by atoms with Crippen LogP contribution < -0.4 is 14.2 Å². The third-order valence-electron chi connectivity index (χ3n) is 4.51. The smallest absolute Gasteiger partial charge is 0.192 e. The summed E-state index contributed by atoms with van der Waals surface area (Å²) in [7, 11) is 0. The van der Waals surface area contributed by atoms with Crippen LogP contribution in [0.15, 0.2) is 66.3 Å². The number of thioether (sulfide) groups is 1. The van der Waals surface area contributed by atoms with Crippen LogP contribution in [0.5, 0.6) is 17.2 Å². The van der Waals surface area contributed by atoms with E-state index in [2.05, 4.69) is 16.8 Å². The molecule has 0 unspecified atom stereocenters. The molecule has 1 aromatic heterocycles. The minimum absolute atomic E-state index is 0.0808. The second-order valence-corrected chi connectivity index (χ2v) is 7.82. The summed E-state index contributed by atoms with van der Waals surface area (Å²) in [6.45, 7) is 4.71. The fraction of sp³-hybridized carbons (Fsp3) is 0.273. The number of aromatic nitrogens is 3. The van der Waals surface area contributed by atoms with Crippen molar-refractivity contribution in [1.82, 2.24) is 14.8 Å². The van der Waals surface area contributed by atoms with Gasteiger partial charge in [-0.15, -0.1) is 16.8 Å². The Balaban J connectivity index is 1.38. The average Bonchev–Trinajstić information content (AvgIpc) is 3.19. The van der Waals surface area contributed by atoms with E-state index in [1.54, 1.807) is 6.08 Å². The van der Waals surface area contributed by atoms with Crippen molar-refractivity contribution in [3.05, 3.63) is 72.8 Å². The van der Waals surface area contributed by atoms with E-state index in [-0.39, 0.29) is 12.4 Å². The molecular formula is C22H22FN3O4S. The summed E-state index contributed by atoms with van der Waals surface area (Å²) in [5.41, 5.74) is 0. The van der Waals surface area contributed by atoms with Crippen LogP contribution in [0.3, 0.4) is 0 Å². The first-order valence-electron chi connectivity index (χ1n) is 9.75. The molecule has 0 bridgehead atoms. The summed E-state index contributed by atoms with van der Waals surface area (Å²) in [5.74, 6) is 2.51. The number of nitrogens with zero attached hydrogens (tertiary/aromatic N) is 3. The normalized spacial score (nSPS) is 16.0. The lowest BCUT2D eigenvalue weighted by Gasteiger charge is -2.26. The van der Waals surface area contributed by atoms with Crippen molar-refractivity contribution in [2.75, 3.05) is 19.0 Å². The first-order valence-corrected chi connectivity index (χ1v) is 10.7. The standard InChI is InChI=1S/C22H22FN3O4S/c1-2-11-26-21(20-13-29-18-5-3-4-6-19(18)30-20)24-25-22(26)31-14-16(27)12-28-17-9-7-15(23)8-10-17/h2-10,16,20,27H,1,11-14H2/t16-,20+/m0/s1. The zero-order valence-electron chi connectivity index (χ0n) is 16.7. The molecule has 1 N–H and O–H groups in total. The van der Waals surface area contributed by atoms with Crippen molar-refractivity contribution in [2.45, 2.75) is 23.9 Å². The molecule has 0 saturated heterocycles. The van der Waals surface area contributed by atoms with Gasteiger partial charge in [-0.05, 0) is 36.4 Å². The van der Waals surface area contributed by atoms with Crippen molar-refractivity contribution in [2.24, 2.45) is 0 Å². The highest BCUT2D eigenvalue weighted by Crippen LogP contribution is 2.36. The Morgan fingerprint density at radius 2 is 2.00 bits per heavy atom. The molecule has 7 nitrogen and oxygen atoms in total. The first kappa shape index (κ1) is 21.2. The highest BCUT2D eigenvalue weighted by atomic mass is 32.2. The molecule has 31 heavy (non-hydrogen) atoms. The van der Waals surface area contributed by atoms with Gasteiger partial charge in [0, 0.05) is 12.3 Å². The fourth-order valence-corrected chi connectivity index (χ4v) is 3.89. The predicted octanol–water partition coefficient (Wildman–Crippen LogP) is 3.65. The van der Waals surface area contributed by atoms with Crippen LogP contribution in [0, 0.1) is 5.82 Å². The van der Waals surface area contributed by atoms with E-state index >= 15 is 0 Å². The van der Waals surface area contributed by atoms with E-state index < -0.39 is 12.2 Å². The average molecular weight is 444 g/mol. The molecule has 2 aromatic carbocycles. The molecule has 1 aliphatic rings. The summed E-state index contributed by atoms with van der Waals surface area (Å²) >= 11 is 1.36. The second kappa shape index (κ2) is 9.84. The quantitative estimate of drug-likeness (QED) is 0.400. The molecule has 162 valence electrons. The second-order valence-electron chi connectivity index (χ2n) is 6.83. The van der Waals surface area contributed by atoms with Crippen LogP contribution in [-0.2, 0) is 6.54 Å². The molecule has 9 heteroatoms. The Kier molecular flexibility index (Phi) is 6.73. The SMILES string of the molecule is C=CCn1c(SC[C@@H](O)COc2ccc(F)cc2)nnc1[C@H]1COc2ccccc2O1. The number of hydrogen-bond donors (Lipinski definition) is 1. The number of halogens is 1. The van der Waals surface area contributed by atoms with E-state index in [0.717, 1.165) is 0 Å². The van der Waals surface area contributed by atoms with Gasteiger partial charge in [-0.3, -0.25) is 4.57 Å². The summed E-state index contributed by atoms with van der Waals surface area (Å²) < 4.78 is 32.2. The zero-order valence-corrected chi connectivity index (χ0v) is 17.5. The third kappa shape index (κ3) is 5.18. The predicted molar refractivity (Wildman–Crippen MR) is 114 cm³/mol. The Labute approximate surface area is 183 Å². The minimum Gasteiger partial charge on any atom is -0.491 e. The number of para-hydroxylation sites is 2. The maximum atomic E-state index is 13.0. The fourth-order valence-electron chi connectivity index (χ4n) is 3.03. The van der Waals surface area contributed by atoms with Crippen LogP contribution >= 0.6 is 11.8 Å². The molecular weight excluding hydrogens is 421 g/mol. The van der Waals surface area contributed by atoms with E-state index in [1.807, 2.05) is 28.8 Å². The molecule has 0 fully saturated rings. The maximum Gasteiger partial charge on any atom is 0.192 e. The van der Waals surface area contributed by atoms with Gasteiger partial charge in [-0.25, -0.2) is 4.39 Å². The van der Waals surface area contributed by atoms with Crippen LogP contribution in [-0.4, -0.2) is 44.9 Å². The van der Waals surface area contributed by atoms with E-state index in [9.17, 15) is 9.50 Å². The number of aliphatic hydroxyl groups is 1. The van der Waals surface area contributed by atoms with Crippen LogP contribution in [0.1, 0.15) is 11.9 Å². The number of allylic oxidation sites excluding steroid dienone is 1. The van der Waals surface area contributed by atoms with Crippen molar-refractivity contribution < 1.29 is 23.7 Å². The number of benzene rings is 2. The number of rotatable bonds is 9. The lowest BCUT2D eigenvalue weighted by atomic mass is 10.2. The van der Waals surface area contributed by atoms with Gasteiger partial charge < -0.3 is 19.3 Å². The van der Waals surface area contributed by atoms with Gasteiger partial charge in [0.15, 0.2) is 28.6 Å². The lowest BCUT2D eigenvalue weighted by molar-refractivity contribution is 0.0821.